The number of thiazole rings is 1. The molecular weight excluding hydrogens is 298 g/mol. The third-order valence-electron chi connectivity index (χ3n) is 3.60. The van der Waals surface area contributed by atoms with Crippen molar-refractivity contribution in [2.75, 3.05) is 6.61 Å². The van der Waals surface area contributed by atoms with E-state index in [1.165, 1.54) is 16.9 Å². The molecule has 2 rings (SSSR count). The smallest absolute Gasteiger partial charge is 0.310 e. The normalized spacial score (nSPS) is 12.1. The Morgan fingerprint density at radius 1 is 1.41 bits per heavy atom. The average Bonchev–Trinajstić information content (AvgIpc) is 2.94. The lowest BCUT2D eigenvalue weighted by Crippen LogP contribution is -2.01. The third kappa shape index (κ3) is 3.85. The summed E-state index contributed by atoms with van der Waals surface area (Å²) >= 11 is 1.38. The fraction of sp³-hybridized carbons (Fsp3) is 0.412. The molecule has 0 amide bonds. The van der Waals surface area contributed by atoms with Gasteiger partial charge >= 0.3 is 5.97 Å². The van der Waals surface area contributed by atoms with Crippen LogP contribution in [0.4, 0.5) is 0 Å². The Morgan fingerprint density at radius 3 is 2.82 bits per heavy atom. The molecule has 118 valence electrons. The van der Waals surface area contributed by atoms with E-state index in [0.29, 0.717) is 17.5 Å². The number of ether oxygens (including phenoxy) is 1. The molecule has 2 aromatic rings. The molecule has 1 N–H and O–H groups in total. The van der Waals surface area contributed by atoms with E-state index >= 15 is 0 Å². The van der Waals surface area contributed by atoms with Gasteiger partial charge in [0, 0.05) is 10.9 Å². The van der Waals surface area contributed by atoms with E-state index in [9.17, 15) is 4.79 Å². The molecule has 0 fully saturated rings. The first-order valence-electron chi connectivity index (χ1n) is 7.48. The minimum absolute atomic E-state index is 0.0279. The Hall–Kier alpha value is -1.88. The molecule has 0 radical (unpaired) electrons. The van der Waals surface area contributed by atoms with Gasteiger partial charge in [-0.15, -0.1) is 11.3 Å². The highest BCUT2D eigenvalue weighted by Gasteiger charge is 2.14. The molecule has 5 heteroatoms. The molecule has 0 saturated heterocycles. The molecule has 0 aliphatic rings. The number of benzene rings is 1. The van der Waals surface area contributed by atoms with E-state index in [4.69, 9.17) is 9.84 Å². The highest BCUT2D eigenvalue weighted by Crippen LogP contribution is 2.33. The molecule has 0 bridgehead atoms. The second kappa shape index (κ2) is 7.40. The molecule has 1 heterocycles. The average molecular weight is 319 g/mol. The zero-order valence-corrected chi connectivity index (χ0v) is 13.9. The molecule has 0 aliphatic carbocycles. The second-order valence-electron chi connectivity index (χ2n) is 5.19. The van der Waals surface area contributed by atoms with Crippen molar-refractivity contribution in [1.82, 2.24) is 4.98 Å². The predicted octanol–water partition coefficient (Wildman–Crippen LogP) is 4.35. The number of aromatic nitrogens is 1. The maximum absolute atomic E-state index is 10.8. The maximum atomic E-state index is 10.8. The Labute approximate surface area is 134 Å². The van der Waals surface area contributed by atoms with Crippen molar-refractivity contribution in [2.45, 2.75) is 39.5 Å². The molecule has 0 aliphatic heterocycles. The van der Waals surface area contributed by atoms with Gasteiger partial charge in [0.25, 0.3) is 0 Å². The summed E-state index contributed by atoms with van der Waals surface area (Å²) in [6.45, 7) is 6.95. The number of nitrogens with zero attached hydrogens (tertiary/aromatic N) is 1. The Bertz CT molecular complexity index is 651. The van der Waals surface area contributed by atoms with Gasteiger partial charge in [-0.2, -0.15) is 0 Å². The predicted molar refractivity (Wildman–Crippen MR) is 88.8 cm³/mol. The topological polar surface area (TPSA) is 59.4 Å². The van der Waals surface area contributed by atoms with Crippen molar-refractivity contribution >= 4 is 17.3 Å². The molecule has 1 aromatic carbocycles. The first-order valence-corrected chi connectivity index (χ1v) is 8.36. The van der Waals surface area contributed by atoms with Crippen molar-refractivity contribution in [2.24, 2.45) is 0 Å². The van der Waals surface area contributed by atoms with Crippen LogP contribution in [0.15, 0.2) is 23.6 Å². The summed E-state index contributed by atoms with van der Waals surface area (Å²) < 4.78 is 5.71. The van der Waals surface area contributed by atoms with Crippen LogP contribution in [0.3, 0.4) is 0 Å². The van der Waals surface area contributed by atoms with E-state index in [1.807, 2.05) is 24.4 Å². The number of carbonyl (C=O) groups is 1. The van der Waals surface area contributed by atoms with E-state index in [2.05, 4.69) is 24.9 Å². The van der Waals surface area contributed by atoms with Gasteiger partial charge in [0.2, 0.25) is 0 Å². The number of hydrogen-bond donors (Lipinski definition) is 1. The molecule has 1 aromatic heterocycles. The van der Waals surface area contributed by atoms with Crippen molar-refractivity contribution in [1.29, 1.82) is 0 Å². The first-order chi connectivity index (χ1) is 10.5. The standard InChI is InChI=1S/C17H21NO3S/c1-4-11(3)13-8-12(6-7-15(13)21-5-2)14-10-22-16(18-14)9-17(19)20/h6-8,10-11H,4-5,9H2,1-3H3,(H,19,20). The Kier molecular flexibility index (Phi) is 5.55. The van der Waals surface area contributed by atoms with Gasteiger partial charge in [0.1, 0.15) is 10.8 Å². The number of carboxylic acid groups (broad SMARTS) is 1. The molecule has 1 atom stereocenters. The summed E-state index contributed by atoms with van der Waals surface area (Å²) in [5.74, 6) is 0.466. The maximum Gasteiger partial charge on any atom is 0.310 e. The molecule has 1 unspecified atom stereocenters. The SMILES string of the molecule is CCOc1ccc(-c2csc(CC(=O)O)n2)cc1C(C)CC. The number of aliphatic carboxylic acids is 1. The molecule has 4 nitrogen and oxygen atoms in total. The lowest BCUT2D eigenvalue weighted by molar-refractivity contribution is -0.136. The lowest BCUT2D eigenvalue weighted by Gasteiger charge is -2.16. The molecular formula is C17H21NO3S. The Balaban J connectivity index is 2.35. The highest BCUT2D eigenvalue weighted by atomic mass is 32.1. The number of hydrogen-bond acceptors (Lipinski definition) is 4. The summed E-state index contributed by atoms with van der Waals surface area (Å²) in [4.78, 5) is 15.2. The fourth-order valence-corrected chi connectivity index (χ4v) is 3.05. The minimum atomic E-state index is -0.854. The van der Waals surface area contributed by atoms with Crippen molar-refractivity contribution in [3.05, 3.63) is 34.2 Å². The molecule has 0 saturated carbocycles. The van der Waals surface area contributed by atoms with Gasteiger partial charge in [0.05, 0.1) is 18.7 Å². The van der Waals surface area contributed by atoms with E-state index in [1.54, 1.807) is 0 Å². The minimum Gasteiger partial charge on any atom is -0.494 e. The summed E-state index contributed by atoms with van der Waals surface area (Å²) in [5, 5.41) is 11.4. The van der Waals surface area contributed by atoms with Gasteiger partial charge in [-0.3, -0.25) is 4.79 Å². The van der Waals surface area contributed by atoms with Crippen LogP contribution in [-0.4, -0.2) is 22.7 Å². The summed E-state index contributed by atoms with van der Waals surface area (Å²) in [6, 6.07) is 6.08. The summed E-state index contributed by atoms with van der Waals surface area (Å²) in [5.41, 5.74) is 3.01. The summed E-state index contributed by atoms with van der Waals surface area (Å²) in [6.07, 6.45) is 1.00. The van der Waals surface area contributed by atoms with Gasteiger partial charge in [-0.05, 0) is 43.0 Å². The lowest BCUT2D eigenvalue weighted by atomic mass is 9.95. The van der Waals surface area contributed by atoms with Crippen LogP contribution >= 0.6 is 11.3 Å². The van der Waals surface area contributed by atoms with Crippen LogP contribution in [0.25, 0.3) is 11.3 Å². The van der Waals surface area contributed by atoms with Crippen LogP contribution in [0.2, 0.25) is 0 Å². The second-order valence-corrected chi connectivity index (χ2v) is 6.13. The van der Waals surface area contributed by atoms with Crippen LogP contribution in [0, 0.1) is 0 Å². The fourth-order valence-electron chi connectivity index (χ4n) is 2.25. The van der Waals surface area contributed by atoms with Crippen LogP contribution in [-0.2, 0) is 11.2 Å². The van der Waals surface area contributed by atoms with Crippen molar-refractivity contribution in [3.8, 4) is 17.0 Å². The van der Waals surface area contributed by atoms with Crippen molar-refractivity contribution in [3.63, 3.8) is 0 Å². The molecule has 0 spiro atoms. The Morgan fingerprint density at radius 2 is 2.18 bits per heavy atom. The number of carboxylic acids is 1. The van der Waals surface area contributed by atoms with Gasteiger partial charge in [-0.1, -0.05) is 13.8 Å². The quantitative estimate of drug-likeness (QED) is 0.824. The largest absolute Gasteiger partial charge is 0.494 e. The van der Waals surface area contributed by atoms with E-state index in [0.717, 1.165) is 23.4 Å². The van der Waals surface area contributed by atoms with Gasteiger partial charge in [-0.25, -0.2) is 4.98 Å². The van der Waals surface area contributed by atoms with Crippen LogP contribution < -0.4 is 4.74 Å². The summed E-state index contributed by atoms with van der Waals surface area (Å²) in [7, 11) is 0. The highest BCUT2D eigenvalue weighted by molar-refractivity contribution is 7.10. The zero-order valence-electron chi connectivity index (χ0n) is 13.1. The van der Waals surface area contributed by atoms with Crippen LogP contribution in [0.5, 0.6) is 5.75 Å². The third-order valence-corrected chi connectivity index (χ3v) is 4.45. The van der Waals surface area contributed by atoms with Gasteiger partial charge in [0.15, 0.2) is 0 Å². The first kappa shape index (κ1) is 16.5. The monoisotopic (exact) mass is 319 g/mol. The van der Waals surface area contributed by atoms with Crippen molar-refractivity contribution < 1.29 is 14.6 Å². The van der Waals surface area contributed by atoms with Gasteiger partial charge < -0.3 is 9.84 Å². The van der Waals surface area contributed by atoms with E-state index in [-0.39, 0.29) is 6.42 Å². The zero-order chi connectivity index (χ0) is 16.1. The number of rotatable bonds is 7. The van der Waals surface area contributed by atoms with E-state index < -0.39 is 5.97 Å². The van der Waals surface area contributed by atoms with Crippen LogP contribution in [0.1, 0.15) is 43.7 Å². The molecule has 22 heavy (non-hydrogen) atoms.